The molecule has 2 aromatic rings. The highest BCUT2D eigenvalue weighted by Crippen LogP contribution is 2.28. The van der Waals surface area contributed by atoms with Crippen molar-refractivity contribution >= 4 is 5.91 Å². The number of hydrogen-bond donors (Lipinski definition) is 0. The average molecular weight is 356 g/mol. The lowest BCUT2D eigenvalue weighted by atomic mass is 9.95. The molecule has 2 aromatic heterocycles. The van der Waals surface area contributed by atoms with Gasteiger partial charge in [-0.15, -0.1) is 5.10 Å². The van der Waals surface area contributed by atoms with Gasteiger partial charge < -0.3 is 4.90 Å². The van der Waals surface area contributed by atoms with E-state index in [-0.39, 0.29) is 11.5 Å². The van der Waals surface area contributed by atoms with E-state index in [1.165, 1.54) is 29.9 Å². The molecule has 0 radical (unpaired) electrons. The van der Waals surface area contributed by atoms with E-state index in [1.54, 1.807) is 17.1 Å². The van der Waals surface area contributed by atoms with Crippen LogP contribution in [0.2, 0.25) is 0 Å². The van der Waals surface area contributed by atoms with Crippen molar-refractivity contribution in [2.45, 2.75) is 45.1 Å². The van der Waals surface area contributed by atoms with Crippen LogP contribution in [0.4, 0.5) is 0 Å². The molecular formula is C18H24N6O2. The summed E-state index contributed by atoms with van der Waals surface area (Å²) in [5, 5.41) is 8.46. The van der Waals surface area contributed by atoms with Crippen molar-refractivity contribution in [3.63, 3.8) is 0 Å². The van der Waals surface area contributed by atoms with Crippen LogP contribution in [0.15, 0.2) is 29.6 Å². The van der Waals surface area contributed by atoms with E-state index in [9.17, 15) is 9.59 Å². The van der Waals surface area contributed by atoms with Gasteiger partial charge >= 0.3 is 0 Å². The Kier molecular flexibility index (Phi) is 4.81. The number of amides is 1. The van der Waals surface area contributed by atoms with Gasteiger partial charge in [0.15, 0.2) is 5.82 Å². The SMILES string of the molecule is O=C(C1CCCC1)N1CCC(Cn2nc(-n3cncn3)ccc2=O)CC1. The van der Waals surface area contributed by atoms with E-state index < -0.39 is 0 Å². The molecule has 0 bridgehead atoms. The summed E-state index contributed by atoms with van der Waals surface area (Å²) in [7, 11) is 0. The third-order valence-electron chi connectivity index (χ3n) is 5.57. The summed E-state index contributed by atoms with van der Waals surface area (Å²) in [6.07, 6.45) is 9.30. The van der Waals surface area contributed by atoms with Crippen LogP contribution in [0.25, 0.3) is 5.82 Å². The minimum absolute atomic E-state index is 0.113. The molecule has 8 heteroatoms. The largest absolute Gasteiger partial charge is 0.342 e. The summed E-state index contributed by atoms with van der Waals surface area (Å²) < 4.78 is 3.05. The summed E-state index contributed by atoms with van der Waals surface area (Å²) in [5.41, 5.74) is -0.113. The van der Waals surface area contributed by atoms with Crippen LogP contribution in [0.5, 0.6) is 0 Å². The van der Waals surface area contributed by atoms with Gasteiger partial charge in [0, 0.05) is 31.6 Å². The molecule has 8 nitrogen and oxygen atoms in total. The molecule has 0 N–H and O–H groups in total. The second kappa shape index (κ2) is 7.39. The number of nitrogens with zero attached hydrogens (tertiary/aromatic N) is 6. The Bertz CT molecular complexity index is 801. The molecule has 1 saturated heterocycles. The van der Waals surface area contributed by atoms with E-state index in [0.29, 0.717) is 24.2 Å². The van der Waals surface area contributed by atoms with Gasteiger partial charge in [0.25, 0.3) is 5.56 Å². The summed E-state index contributed by atoms with van der Waals surface area (Å²) in [6, 6.07) is 3.17. The van der Waals surface area contributed by atoms with Crippen molar-refractivity contribution in [1.29, 1.82) is 0 Å². The van der Waals surface area contributed by atoms with Crippen molar-refractivity contribution in [1.82, 2.24) is 29.4 Å². The maximum atomic E-state index is 12.5. The molecule has 4 rings (SSSR count). The number of piperidine rings is 1. The quantitative estimate of drug-likeness (QED) is 0.823. The second-order valence-electron chi connectivity index (χ2n) is 7.30. The fourth-order valence-electron chi connectivity index (χ4n) is 4.03. The molecule has 26 heavy (non-hydrogen) atoms. The van der Waals surface area contributed by atoms with Gasteiger partial charge in [-0.25, -0.2) is 14.3 Å². The molecule has 1 aliphatic carbocycles. The predicted molar refractivity (Wildman–Crippen MR) is 94.7 cm³/mol. The van der Waals surface area contributed by atoms with E-state index in [4.69, 9.17) is 0 Å². The summed E-state index contributed by atoms with van der Waals surface area (Å²) in [5.74, 6) is 1.52. The summed E-state index contributed by atoms with van der Waals surface area (Å²) in [6.45, 7) is 2.15. The van der Waals surface area contributed by atoms with Crippen molar-refractivity contribution in [2.24, 2.45) is 11.8 Å². The second-order valence-corrected chi connectivity index (χ2v) is 7.30. The first-order valence-corrected chi connectivity index (χ1v) is 9.42. The van der Waals surface area contributed by atoms with E-state index >= 15 is 0 Å². The van der Waals surface area contributed by atoms with Gasteiger partial charge in [-0.2, -0.15) is 5.10 Å². The maximum absolute atomic E-state index is 12.5. The van der Waals surface area contributed by atoms with Crippen molar-refractivity contribution in [3.8, 4) is 5.82 Å². The van der Waals surface area contributed by atoms with Gasteiger partial charge in [-0.05, 0) is 37.7 Å². The highest BCUT2D eigenvalue weighted by atomic mass is 16.2. The molecule has 0 atom stereocenters. The fraction of sp³-hybridized carbons (Fsp3) is 0.611. The first-order valence-electron chi connectivity index (χ1n) is 9.42. The number of carbonyl (C=O) groups excluding carboxylic acids is 1. The highest BCUT2D eigenvalue weighted by Gasteiger charge is 2.30. The van der Waals surface area contributed by atoms with Crippen LogP contribution in [0.1, 0.15) is 38.5 Å². The zero-order valence-electron chi connectivity index (χ0n) is 14.8. The zero-order valence-corrected chi connectivity index (χ0v) is 14.8. The maximum Gasteiger partial charge on any atom is 0.266 e. The lowest BCUT2D eigenvalue weighted by molar-refractivity contribution is -0.136. The molecule has 0 aromatic carbocycles. The molecule has 2 aliphatic rings. The Hall–Kier alpha value is -2.51. The average Bonchev–Trinajstić information content (AvgIpc) is 3.38. The van der Waals surface area contributed by atoms with Crippen molar-refractivity contribution < 1.29 is 4.79 Å². The van der Waals surface area contributed by atoms with E-state index in [2.05, 4.69) is 15.2 Å². The van der Waals surface area contributed by atoms with Gasteiger partial charge in [-0.1, -0.05) is 12.8 Å². The smallest absolute Gasteiger partial charge is 0.266 e. The molecule has 0 spiro atoms. The molecule has 1 saturated carbocycles. The first-order chi connectivity index (χ1) is 12.7. The zero-order chi connectivity index (χ0) is 17.9. The van der Waals surface area contributed by atoms with Gasteiger partial charge in [0.05, 0.1) is 0 Å². The molecule has 138 valence electrons. The number of carbonyl (C=O) groups is 1. The molecule has 3 heterocycles. The number of aromatic nitrogens is 5. The third-order valence-corrected chi connectivity index (χ3v) is 5.57. The molecule has 1 amide bonds. The van der Waals surface area contributed by atoms with E-state index in [1.807, 2.05) is 4.90 Å². The summed E-state index contributed by atoms with van der Waals surface area (Å²) in [4.78, 5) is 30.6. The Morgan fingerprint density at radius 2 is 1.88 bits per heavy atom. The van der Waals surface area contributed by atoms with Crippen LogP contribution in [-0.2, 0) is 11.3 Å². The monoisotopic (exact) mass is 356 g/mol. The molecule has 1 aliphatic heterocycles. The Labute approximate surface area is 151 Å². The van der Waals surface area contributed by atoms with Gasteiger partial charge in [0.2, 0.25) is 5.91 Å². The van der Waals surface area contributed by atoms with Crippen LogP contribution < -0.4 is 5.56 Å². The summed E-state index contributed by atoms with van der Waals surface area (Å²) >= 11 is 0. The van der Waals surface area contributed by atoms with Gasteiger partial charge in [-0.3, -0.25) is 9.59 Å². The number of likely N-dealkylation sites (tertiary alicyclic amines) is 1. The minimum atomic E-state index is -0.113. The topological polar surface area (TPSA) is 85.9 Å². The Balaban J connectivity index is 1.38. The number of hydrogen-bond acceptors (Lipinski definition) is 5. The number of rotatable bonds is 4. The van der Waals surface area contributed by atoms with Gasteiger partial charge in [0.1, 0.15) is 12.7 Å². The van der Waals surface area contributed by atoms with Crippen LogP contribution in [-0.4, -0.2) is 48.4 Å². The van der Waals surface area contributed by atoms with Crippen LogP contribution in [0.3, 0.4) is 0 Å². The standard InChI is InChI=1S/C18H24N6O2/c25-17-6-5-16(24-13-19-12-20-24)21-23(17)11-14-7-9-22(10-8-14)18(26)15-3-1-2-4-15/h5-6,12-15H,1-4,7-11H2. The van der Waals surface area contributed by atoms with Crippen molar-refractivity contribution in [3.05, 3.63) is 35.1 Å². The van der Waals surface area contributed by atoms with E-state index in [0.717, 1.165) is 38.8 Å². The van der Waals surface area contributed by atoms with Crippen molar-refractivity contribution in [2.75, 3.05) is 13.1 Å². The third kappa shape index (κ3) is 3.54. The minimum Gasteiger partial charge on any atom is -0.342 e. The molecule has 2 fully saturated rings. The first kappa shape index (κ1) is 16.9. The van der Waals surface area contributed by atoms with Crippen LogP contribution in [0, 0.1) is 11.8 Å². The highest BCUT2D eigenvalue weighted by molar-refractivity contribution is 5.79. The predicted octanol–water partition coefficient (Wildman–Crippen LogP) is 1.25. The molecule has 0 unspecified atom stereocenters. The molecular weight excluding hydrogens is 332 g/mol. The lowest BCUT2D eigenvalue weighted by Crippen LogP contribution is -2.42. The normalized spacial score (nSPS) is 19.2. The Morgan fingerprint density at radius 3 is 2.58 bits per heavy atom. The Morgan fingerprint density at radius 1 is 1.12 bits per heavy atom. The fourth-order valence-corrected chi connectivity index (χ4v) is 4.03. The lowest BCUT2D eigenvalue weighted by Gasteiger charge is -2.33. The van der Waals surface area contributed by atoms with Crippen LogP contribution >= 0.6 is 0 Å².